The van der Waals surface area contributed by atoms with Crippen LogP contribution in [0.15, 0.2) is 0 Å². The zero-order valence-corrected chi connectivity index (χ0v) is 10.3. The Balaban J connectivity index is 2.26. The highest BCUT2D eigenvalue weighted by atomic mass is 16.5. The molecule has 1 fully saturated rings. The van der Waals surface area contributed by atoms with E-state index in [2.05, 4.69) is 5.32 Å². The summed E-state index contributed by atoms with van der Waals surface area (Å²) in [6.07, 6.45) is 4.70. The van der Waals surface area contributed by atoms with Gasteiger partial charge in [-0.3, -0.25) is 0 Å². The SMILES string of the molecule is CC(C)OCC(C)(O)CC1CCCCN1. The Bertz CT molecular complexity index is 174. The van der Waals surface area contributed by atoms with Gasteiger partial charge in [0.25, 0.3) is 0 Å². The van der Waals surface area contributed by atoms with Gasteiger partial charge in [-0.15, -0.1) is 0 Å². The van der Waals surface area contributed by atoms with Crippen molar-refractivity contribution in [2.45, 2.75) is 64.2 Å². The predicted molar refractivity (Wildman–Crippen MR) is 62.0 cm³/mol. The normalized spacial score (nSPS) is 26.6. The maximum absolute atomic E-state index is 10.2. The van der Waals surface area contributed by atoms with Crippen LogP contribution in [0.25, 0.3) is 0 Å². The number of nitrogens with one attached hydrogen (secondary N) is 1. The monoisotopic (exact) mass is 215 g/mol. The Morgan fingerprint density at radius 2 is 2.20 bits per heavy atom. The summed E-state index contributed by atoms with van der Waals surface area (Å²) in [5.74, 6) is 0. The van der Waals surface area contributed by atoms with E-state index in [9.17, 15) is 5.11 Å². The standard InChI is InChI=1S/C12H25NO2/c1-10(2)15-9-12(3,14)8-11-6-4-5-7-13-11/h10-11,13-14H,4-9H2,1-3H3. The van der Waals surface area contributed by atoms with Gasteiger partial charge in [-0.1, -0.05) is 6.42 Å². The molecular weight excluding hydrogens is 190 g/mol. The van der Waals surface area contributed by atoms with Gasteiger partial charge in [-0.05, 0) is 46.6 Å². The summed E-state index contributed by atoms with van der Waals surface area (Å²) in [5.41, 5.74) is -0.695. The highest BCUT2D eigenvalue weighted by Crippen LogP contribution is 2.19. The van der Waals surface area contributed by atoms with Crippen molar-refractivity contribution in [1.29, 1.82) is 0 Å². The van der Waals surface area contributed by atoms with E-state index in [1.54, 1.807) is 0 Å². The van der Waals surface area contributed by atoms with Crippen molar-refractivity contribution in [3.8, 4) is 0 Å². The van der Waals surface area contributed by atoms with Gasteiger partial charge in [-0.2, -0.15) is 0 Å². The van der Waals surface area contributed by atoms with E-state index in [4.69, 9.17) is 4.74 Å². The largest absolute Gasteiger partial charge is 0.388 e. The molecule has 0 aliphatic carbocycles. The lowest BCUT2D eigenvalue weighted by Crippen LogP contribution is -2.43. The summed E-state index contributed by atoms with van der Waals surface area (Å²) < 4.78 is 5.47. The molecule has 0 amide bonds. The van der Waals surface area contributed by atoms with Crippen LogP contribution in [0.2, 0.25) is 0 Å². The second-order valence-electron chi connectivity index (χ2n) is 5.21. The highest BCUT2D eigenvalue weighted by Gasteiger charge is 2.26. The maximum Gasteiger partial charge on any atom is 0.0867 e. The fraction of sp³-hybridized carbons (Fsp3) is 1.00. The molecule has 1 saturated heterocycles. The second-order valence-corrected chi connectivity index (χ2v) is 5.21. The average Bonchev–Trinajstić information content (AvgIpc) is 2.16. The van der Waals surface area contributed by atoms with Gasteiger partial charge in [0.15, 0.2) is 0 Å². The summed E-state index contributed by atoms with van der Waals surface area (Å²) in [4.78, 5) is 0. The molecule has 2 atom stereocenters. The van der Waals surface area contributed by atoms with E-state index < -0.39 is 5.60 Å². The maximum atomic E-state index is 10.2. The smallest absolute Gasteiger partial charge is 0.0867 e. The first-order valence-corrected chi connectivity index (χ1v) is 6.07. The molecule has 0 radical (unpaired) electrons. The fourth-order valence-electron chi connectivity index (χ4n) is 2.03. The van der Waals surface area contributed by atoms with Crippen LogP contribution < -0.4 is 5.32 Å². The molecule has 0 spiro atoms. The van der Waals surface area contributed by atoms with Crippen molar-refractivity contribution in [2.24, 2.45) is 0 Å². The van der Waals surface area contributed by atoms with Gasteiger partial charge in [0.1, 0.15) is 0 Å². The van der Waals surface area contributed by atoms with Gasteiger partial charge in [0, 0.05) is 6.04 Å². The number of aliphatic hydroxyl groups is 1. The Morgan fingerprint density at radius 1 is 1.47 bits per heavy atom. The minimum absolute atomic E-state index is 0.191. The Kier molecular flexibility index (Phi) is 5.03. The van der Waals surface area contributed by atoms with Crippen LogP contribution in [0, 0.1) is 0 Å². The molecule has 3 nitrogen and oxygen atoms in total. The molecule has 0 aromatic rings. The minimum Gasteiger partial charge on any atom is -0.388 e. The third-order valence-electron chi connectivity index (χ3n) is 2.83. The van der Waals surface area contributed by atoms with Crippen LogP contribution in [-0.4, -0.2) is 36.0 Å². The zero-order valence-electron chi connectivity index (χ0n) is 10.3. The van der Waals surface area contributed by atoms with E-state index in [-0.39, 0.29) is 6.10 Å². The van der Waals surface area contributed by atoms with Crippen LogP contribution in [0.4, 0.5) is 0 Å². The first kappa shape index (κ1) is 12.9. The molecule has 15 heavy (non-hydrogen) atoms. The van der Waals surface area contributed by atoms with E-state index in [0.717, 1.165) is 13.0 Å². The molecule has 1 aliphatic heterocycles. The van der Waals surface area contributed by atoms with Crippen LogP contribution in [0.1, 0.15) is 46.5 Å². The van der Waals surface area contributed by atoms with E-state index in [0.29, 0.717) is 12.6 Å². The first-order chi connectivity index (χ1) is 6.99. The number of piperidine rings is 1. The van der Waals surface area contributed by atoms with Crippen LogP contribution >= 0.6 is 0 Å². The number of hydrogen-bond acceptors (Lipinski definition) is 3. The number of rotatable bonds is 5. The predicted octanol–water partition coefficient (Wildman–Crippen LogP) is 1.69. The second kappa shape index (κ2) is 5.83. The molecule has 1 rings (SSSR count). The van der Waals surface area contributed by atoms with Crippen molar-refractivity contribution in [3.63, 3.8) is 0 Å². The van der Waals surface area contributed by atoms with Gasteiger partial charge < -0.3 is 15.2 Å². The topological polar surface area (TPSA) is 41.5 Å². The highest BCUT2D eigenvalue weighted by molar-refractivity contribution is 4.82. The van der Waals surface area contributed by atoms with E-state index in [1.165, 1.54) is 19.3 Å². The van der Waals surface area contributed by atoms with Crippen LogP contribution in [0.3, 0.4) is 0 Å². The Labute approximate surface area is 93.2 Å². The summed E-state index contributed by atoms with van der Waals surface area (Å²) in [7, 11) is 0. The van der Waals surface area contributed by atoms with Crippen molar-refractivity contribution in [1.82, 2.24) is 5.32 Å². The quantitative estimate of drug-likeness (QED) is 0.733. The van der Waals surface area contributed by atoms with Gasteiger partial charge >= 0.3 is 0 Å². The molecule has 1 heterocycles. The Hall–Kier alpha value is -0.120. The zero-order chi connectivity index (χ0) is 11.3. The lowest BCUT2D eigenvalue weighted by Gasteiger charge is -2.31. The lowest BCUT2D eigenvalue weighted by atomic mass is 9.92. The Morgan fingerprint density at radius 3 is 2.73 bits per heavy atom. The van der Waals surface area contributed by atoms with Crippen molar-refractivity contribution >= 4 is 0 Å². The van der Waals surface area contributed by atoms with Crippen molar-refractivity contribution in [2.75, 3.05) is 13.2 Å². The fourth-order valence-corrected chi connectivity index (χ4v) is 2.03. The summed E-state index contributed by atoms with van der Waals surface area (Å²) >= 11 is 0. The van der Waals surface area contributed by atoms with Crippen LogP contribution in [0.5, 0.6) is 0 Å². The van der Waals surface area contributed by atoms with Gasteiger partial charge in [0.05, 0.1) is 18.3 Å². The van der Waals surface area contributed by atoms with Gasteiger partial charge in [0.2, 0.25) is 0 Å². The molecule has 0 bridgehead atoms. The summed E-state index contributed by atoms with van der Waals surface area (Å²) in [6, 6.07) is 0.463. The third kappa shape index (κ3) is 5.50. The lowest BCUT2D eigenvalue weighted by molar-refractivity contribution is -0.0634. The molecule has 0 saturated carbocycles. The molecule has 1 aliphatic rings. The first-order valence-electron chi connectivity index (χ1n) is 6.07. The molecule has 2 N–H and O–H groups in total. The van der Waals surface area contributed by atoms with Gasteiger partial charge in [-0.25, -0.2) is 0 Å². The summed E-state index contributed by atoms with van der Waals surface area (Å²) in [5, 5.41) is 13.6. The molecular formula is C12H25NO2. The molecule has 2 unspecified atom stereocenters. The number of hydrogen-bond donors (Lipinski definition) is 2. The van der Waals surface area contributed by atoms with E-state index >= 15 is 0 Å². The average molecular weight is 215 g/mol. The molecule has 3 heteroatoms. The van der Waals surface area contributed by atoms with Crippen molar-refractivity contribution in [3.05, 3.63) is 0 Å². The van der Waals surface area contributed by atoms with Crippen LogP contribution in [-0.2, 0) is 4.74 Å². The molecule has 90 valence electrons. The summed E-state index contributed by atoms with van der Waals surface area (Å²) in [6.45, 7) is 7.38. The van der Waals surface area contributed by atoms with Crippen molar-refractivity contribution < 1.29 is 9.84 Å². The molecule has 0 aromatic heterocycles. The van der Waals surface area contributed by atoms with E-state index in [1.807, 2.05) is 20.8 Å². The minimum atomic E-state index is -0.695. The molecule has 0 aromatic carbocycles. The third-order valence-corrected chi connectivity index (χ3v) is 2.83. The number of ether oxygens (including phenoxy) is 1.